The van der Waals surface area contributed by atoms with Crippen LogP contribution in [0.5, 0.6) is 5.75 Å². The molecular formula is C15H22N2O2. The highest BCUT2D eigenvalue weighted by Crippen LogP contribution is 2.24. The number of methoxy groups -OCH3 is 2. The van der Waals surface area contributed by atoms with Gasteiger partial charge in [0.05, 0.1) is 13.7 Å². The predicted molar refractivity (Wildman–Crippen MR) is 77.3 cm³/mol. The van der Waals surface area contributed by atoms with Crippen molar-refractivity contribution < 1.29 is 9.47 Å². The number of hydrogen-bond acceptors (Lipinski definition) is 4. The molecule has 0 aliphatic carbocycles. The molecule has 1 aliphatic rings. The highest BCUT2D eigenvalue weighted by atomic mass is 16.5. The second kappa shape index (κ2) is 6.59. The van der Waals surface area contributed by atoms with Gasteiger partial charge in [0.2, 0.25) is 0 Å². The van der Waals surface area contributed by atoms with E-state index in [1.54, 1.807) is 14.2 Å². The summed E-state index contributed by atoms with van der Waals surface area (Å²) in [5.41, 5.74) is 9.08. The van der Waals surface area contributed by atoms with E-state index in [-0.39, 0.29) is 0 Å². The van der Waals surface area contributed by atoms with Crippen LogP contribution in [0.3, 0.4) is 0 Å². The Kier molecular flexibility index (Phi) is 4.82. The molecule has 1 aromatic carbocycles. The third kappa shape index (κ3) is 3.72. The van der Waals surface area contributed by atoms with Gasteiger partial charge in [0.1, 0.15) is 5.75 Å². The Morgan fingerprint density at radius 2 is 2.16 bits per heavy atom. The van der Waals surface area contributed by atoms with E-state index in [0.717, 1.165) is 44.1 Å². The zero-order valence-corrected chi connectivity index (χ0v) is 11.7. The van der Waals surface area contributed by atoms with Gasteiger partial charge in [-0.2, -0.15) is 0 Å². The van der Waals surface area contributed by atoms with Gasteiger partial charge in [-0.25, -0.2) is 0 Å². The van der Waals surface area contributed by atoms with Crippen LogP contribution < -0.4 is 10.5 Å². The van der Waals surface area contributed by atoms with Gasteiger partial charge in [-0.05, 0) is 18.1 Å². The Labute approximate surface area is 114 Å². The average Bonchev–Trinajstić information content (AvgIpc) is 2.43. The maximum Gasteiger partial charge on any atom is 0.125 e. The fourth-order valence-corrected chi connectivity index (χ4v) is 2.35. The maximum atomic E-state index is 5.77. The Morgan fingerprint density at radius 1 is 1.32 bits per heavy atom. The highest BCUT2D eigenvalue weighted by molar-refractivity contribution is 5.48. The molecule has 0 unspecified atom stereocenters. The smallest absolute Gasteiger partial charge is 0.125 e. The van der Waals surface area contributed by atoms with Crippen molar-refractivity contribution in [2.45, 2.75) is 13.0 Å². The number of rotatable bonds is 5. The number of benzene rings is 1. The van der Waals surface area contributed by atoms with E-state index < -0.39 is 0 Å². The largest absolute Gasteiger partial charge is 0.496 e. The number of nitrogens with zero attached hydrogens (tertiary/aromatic N) is 1. The first-order chi connectivity index (χ1) is 9.22. The molecule has 4 nitrogen and oxygen atoms in total. The van der Waals surface area contributed by atoms with Gasteiger partial charge in [0, 0.05) is 44.1 Å². The van der Waals surface area contributed by atoms with E-state index in [4.69, 9.17) is 15.2 Å². The number of anilines is 1. The van der Waals surface area contributed by atoms with Gasteiger partial charge in [-0.3, -0.25) is 4.90 Å². The van der Waals surface area contributed by atoms with Crippen LogP contribution in [0.25, 0.3) is 0 Å². The molecule has 0 spiro atoms. The van der Waals surface area contributed by atoms with Gasteiger partial charge in [-0.1, -0.05) is 12.1 Å². The van der Waals surface area contributed by atoms with Crippen molar-refractivity contribution in [1.82, 2.24) is 4.90 Å². The van der Waals surface area contributed by atoms with Crippen molar-refractivity contribution in [2.75, 3.05) is 39.6 Å². The van der Waals surface area contributed by atoms with Crippen LogP contribution in [0.4, 0.5) is 5.69 Å². The zero-order valence-electron chi connectivity index (χ0n) is 11.7. The molecule has 2 rings (SSSR count). The molecular weight excluding hydrogens is 240 g/mol. The van der Waals surface area contributed by atoms with E-state index in [9.17, 15) is 0 Å². The summed E-state index contributed by atoms with van der Waals surface area (Å²) in [5.74, 6) is 0.867. The minimum Gasteiger partial charge on any atom is -0.496 e. The summed E-state index contributed by atoms with van der Waals surface area (Å²) in [5, 5.41) is 0. The van der Waals surface area contributed by atoms with Crippen LogP contribution in [-0.4, -0.2) is 38.8 Å². The summed E-state index contributed by atoms with van der Waals surface area (Å²) in [6.07, 6.45) is 3.34. The second-order valence-electron chi connectivity index (χ2n) is 4.85. The van der Waals surface area contributed by atoms with Crippen molar-refractivity contribution in [2.24, 2.45) is 0 Å². The fraction of sp³-hybridized carbons (Fsp3) is 0.467. The molecule has 2 N–H and O–H groups in total. The molecule has 0 saturated heterocycles. The number of hydrogen-bond donors (Lipinski definition) is 1. The van der Waals surface area contributed by atoms with Crippen LogP contribution >= 0.6 is 0 Å². The summed E-state index contributed by atoms with van der Waals surface area (Å²) in [6.45, 7) is 3.66. The standard InChI is InChI=1S/C15H22N2O2/c1-18-11-12-5-7-17(8-6-12)10-13-3-4-14(16)9-15(13)19-2/h3-5,9H,6-8,10-11,16H2,1-2H3. The van der Waals surface area contributed by atoms with E-state index in [2.05, 4.69) is 11.0 Å². The first-order valence-corrected chi connectivity index (χ1v) is 6.54. The van der Waals surface area contributed by atoms with Gasteiger partial charge in [-0.15, -0.1) is 0 Å². The summed E-state index contributed by atoms with van der Waals surface area (Å²) in [7, 11) is 3.43. The molecule has 0 bridgehead atoms. The van der Waals surface area contributed by atoms with Crippen molar-refractivity contribution in [3.8, 4) is 5.75 Å². The molecule has 0 atom stereocenters. The topological polar surface area (TPSA) is 47.7 Å². The van der Waals surface area contributed by atoms with Gasteiger partial charge in [0.25, 0.3) is 0 Å². The van der Waals surface area contributed by atoms with Crippen molar-refractivity contribution in [3.05, 3.63) is 35.4 Å². The molecule has 1 aliphatic heterocycles. The van der Waals surface area contributed by atoms with Crippen LogP contribution in [-0.2, 0) is 11.3 Å². The first-order valence-electron chi connectivity index (χ1n) is 6.54. The Bertz CT molecular complexity index is 457. The molecule has 0 aromatic heterocycles. The number of nitrogens with two attached hydrogens (primary N) is 1. The summed E-state index contributed by atoms with van der Waals surface area (Å²) in [4.78, 5) is 2.40. The Hall–Kier alpha value is -1.52. The zero-order chi connectivity index (χ0) is 13.7. The quantitative estimate of drug-likeness (QED) is 0.652. The molecule has 104 valence electrons. The van der Waals surface area contributed by atoms with Crippen LogP contribution in [0, 0.1) is 0 Å². The normalized spacial score (nSPS) is 16.2. The Balaban J connectivity index is 1.99. The molecule has 1 heterocycles. The lowest BCUT2D eigenvalue weighted by Crippen LogP contribution is -2.29. The van der Waals surface area contributed by atoms with Crippen LogP contribution in [0.15, 0.2) is 29.8 Å². The molecule has 0 saturated carbocycles. The molecule has 1 aromatic rings. The average molecular weight is 262 g/mol. The van der Waals surface area contributed by atoms with Crippen molar-refractivity contribution in [3.63, 3.8) is 0 Å². The predicted octanol–water partition coefficient (Wildman–Crippen LogP) is 2.06. The molecule has 0 fully saturated rings. The Morgan fingerprint density at radius 3 is 2.79 bits per heavy atom. The van der Waals surface area contributed by atoms with E-state index >= 15 is 0 Å². The number of ether oxygens (including phenoxy) is 2. The fourth-order valence-electron chi connectivity index (χ4n) is 2.35. The SMILES string of the molecule is COCC1=CCN(Cc2ccc(N)cc2OC)CC1. The molecule has 0 radical (unpaired) electrons. The third-order valence-electron chi connectivity index (χ3n) is 3.42. The monoisotopic (exact) mass is 262 g/mol. The minimum atomic E-state index is 0.738. The number of nitrogen functional groups attached to an aromatic ring is 1. The first kappa shape index (κ1) is 13.9. The van der Waals surface area contributed by atoms with E-state index in [0.29, 0.717) is 0 Å². The molecule has 19 heavy (non-hydrogen) atoms. The highest BCUT2D eigenvalue weighted by Gasteiger charge is 2.14. The minimum absolute atomic E-state index is 0.738. The maximum absolute atomic E-state index is 5.77. The van der Waals surface area contributed by atoms with Crippen molar-refractivity contribution >= 4 is 5.69 Å². The second-order valence-corrected chi connectivity index (χ2v) is 4.85. The van der Waals surface area contributed by atoms with Gasteiger partial charge < -0.3 is 15.2 Å². The van der Waals surface area contributed by atoms with Gasteiger partial charge >= 0.3 is 0 Å². The van der Waals surface area contributed by atoms with E-state index in [1.165, 1.54) is 11.1 Å². The lowest BCUT2D eigenvalue weighted by atomic mass is 10.1. The van der Waals surface area contributed by atoms with E-state index in [1.807, 2.05) is 18.2 Å². The summed E-state index contributed by atoms with van der Waals surface area (Å²) in [6, 6.07) is 5.85. The third-order valence-corrected chi connectivity index (χ3v) is 3.42. The van der Waals surface area contributed by atoms with Gasteiger partial charge in [0.15, 0.2) is 0 Å². The van der Waals surface area contributed by atoms with Crippen molar-refractivity contribution in [1.29, 1.82) is 0 Å². The van der Waals surface area contributed by atoms with Crippen LogP contribution in [0.2, 0.25) is 0 Å². The summed E-state index contributed by atoms with van der Waals surface area (Å²) >= 11 is 0. The summed E-state index contributed by atoms with van der Waals surface area (Å²) < 4.78 is 10.5. The lowest BCUT2D eigenvalue weighted by Gasteiger charge is -2.26. The molecule has 0 amide bonds. The molecule has 4 heteroatoms. The van der Waals surface area contributed by atoms with Crippen LogP contribution in [0.1, 0.15) is 12.0 Å². The lowest BCUT2D eigenvalue weighted by molar-refractivity contribution is 0.210.